The minimum Gasteiger partial charge on any atom is -0.497 e. The van der Waals surface area contributed by atoms with Gasteiger partial charge < -0.3 is 33.9 Å². The second kappa shape index (κ2) is 18.7. The molecular formula is C61H56N4O9Si. The number of nitrogens with zero attached hydrogens (tertiary/aromatic N) is 4. The van der Waals surface area contributed by atoms with E-state index >= 15 is 4.79 Å². The number of rotatable bonds is 10. The van der Waals surface area contributed by atoms with Gasteiger partial charge in [0.25, 0.3) is 17.7 Å². The van der Waals surface area contributed by atoms with Gasteiger partial charge in [-0.05, 0) is 115 Å². The van der Waals surface area contributed by atoms with Gasteiger partial charge in [0.2, 0.25) is 5.91 Å². The minimum absolute atomic E-state index is 0.00841. The highest BCUT2D eigenvalue weighted by Crippen LogP contribution is 2.61. The first-order valence-electron chi connectivity index (χ1n) is 25.6. The number of aliphatic hydroxyl groups is 1. The zero-order chi connectivity index (χ0) is 51.8. The molecule has 0 aliphatic carbocycles. The molecule has 0 radical (unpaired) electrons. The maximum absolute atomic E-state index is 16.3. The molecule has 13 nitrogen and oxygen atoms in total. The molecule has 75 heavy (non-hydrogen) atoms. The first-order valence-corrected chi connectivity index (χ1v) is 28.7. The van der Waals surface area contributed by atoms with Gasteiger partial charge in [-0.2, -0.15) is 0 Å². The second-order valence-electron chi connectivity index (χ2n) is 20.6. The Morgan fingerprint density at radius 2 is 1.28 bits per heavy atom. The van der Waals surface area contributed by atoms with Crippen LogP contribution < -0.4 is 34.1 Å². The van der Waals surface area contributed by atoms with Crippen molar-refractivity contribution in [2.75, 3.05) is 35.0 Å². The summed E-state index contributed by atoms with van der Waals surface area (Å²) in [4.78, 5) is 67.4. The Hall–Kier alpha value is -8.04. The molecule has 2 saturated heterocycles. The first kappa shape index (κ1) is 47.9. The lowest BCUT2D eigenvalue weighted by molar-refractivity contribution is -0.150. The molecule has 14 heteroatoms. The second-order valence-corrected chi connectivity index (χ2v) is 25.3. The van der Waals surface area contributed by atoms with E-state index in [2.05, 4.69) is 32.2 Å². The molecule has 7 aromatic carbocycles. The minimum atomic E-state index is -2.72. The molecule has 1 spiro atoms. The Morgan fingerprint density at radius 3 is 1.89 bits per heavy atom. The molecule has 5 aliphatic rings. The molecule has 5 heterocycles. The molecule has 0 bridgehead atoms. The molecule has 12 rings (SSSR count). The van der Waals surface area contributed by atoms with E-state index in [0.29, 0.717) is 81.1 Å². The molecule has 378 valence electrons. The van der Waals surface area contributed by atoms with Crippen molar-refractivity contribution in [2.45, 2.75) is 69.1 Å². The third-order valence-corrected chi connectivity index (χ3v) is 20.5. The summed E-state index contributed by atoms with van der Waals surface area (Å²) in [5.74, 6) is 1.13. The van der Waals surface area contributed by atoms with Crippen LogP contribution in [0, 0.1) is 5.92 Å². The number of ether oxygens (including phenoxy) is 4. The van der Waals surface area contributed by atoms with Crippen LogP contribution in [0.4, 0.5) is 28.4 Å². The summed E-state index contributed by atoms with van der Waals surface area (Å²) in [7, 11) is -1.09. The van der Waals surface area contributed by atoms with Crippen LogP contribution in [-0.4, -0.2) is 74.1 Å². The predicted octanol–water partition coefficient (Wildman–Crippen LogP) is 11.0. The van der Waals surface area contributed by atoms with E-state index in [0.717, 1.165) is 22.9 Å². The molecule has 5 aliphatic heterocycles. The number of carbonyl (C=O) groups excluding carboxylic acids is 4. The molecule has 4 amide bonds. The van der Waals surface area contributed by atoms with Crippen LogP contribution in [0.25, 0.3) is 0 Å². The van der Waals surface area contributed by atoms with E-state index in [-0.39, 0.29) is 54.8 Å². The van der Waals surface area contributed by atoms with Crippen molar-refractivity contribution in [1.82, 2.24) is 4.90 Å². The average molecular weight is 1020 g/mol. The van der Waals surface area contributed by atoms with Crippen LogP contribution >= 0.6 is 0 Å². The lowest BCUT2D eigenvalue weighted by atomic mass is 9.82. The average Bonchev–Trinajstić information content (AvgIpc) is 4.04. The molecule has 0 saturated carbocycles. The largest absolute Gasteiger partial charge is 0.497 e. The third kappa shape index (κ3) is 7.80. The number of para-hydroxylation sites is 6. The summed E-state index contributed by atoms with van der Waals surface area (Å²) < 4.78 is 25.9. The standard InChI is InChI=1S/C61H56N4O9Si/c1-38-57(75(3,4)44-29-27-43(71-2)28-30-44)55(35-56(67)62-32-14-17-42(62)37-66)74-61(38)47-34-41(65-50-21-8-12-25-54(50)73-52-23-10-6-19-46(52)59(65)69)26-31-48(47)63(60(61)70)36-39-15-13-16-40(33-39)64-49-20-7-11-24-53(49)72-51-22-9-5-18-45(51)58(64)68/h5-13,15-16,18-31,33-34,38,42,55,57,66H,14,17,32,35-37H2,1-4H3/t38-,42-,55+,57-,61+/m0/s1. The van der Waals surface area contributed by atoms with Crippen LogP contribution in [0.15, 0.2) is 164 Å². The molecule has 5 atom stereocenters. The summed E-state index contributed by atoms with van der Waals surface area (Å²) in [6, 6.07) is 50.3. The predicted molar refractivity (Wildman–Crippen MR) is 289 cm³/mol. The van der Waals surface area contributed by atoms with Gasteiger partial charge in [-0.3, -0.25) is 29.0 Å². The number of likely N-dealkylation sites (tertiary alicyclic amines) is 1. The molecule has 1 N–H and O–H groups in total. The van der Waals surface area contributed by atoms with Gasteiger partial charge in [0.05, 0.1) is 75.1 Å². The van der Waals surface area contributed by atoms with Gasteiger partial charge >= 0.3 is 0 Å². The van der Waals surface area contributed by atoms with Crippen LogP contribution in [-0.2, 0) is 26.5 Å². The van der Waals surface area contributed by atoms with Crippen molar-refractivity contribution in [2.24, 2.45) is 5.92 Å². The fourth-order valence-electron chi connectivity index (χ4n) is 12.5. The Kier molecular flexibility index (Phi) is 12.0. The molecule has 2 fully saturated rings. The zero-order valence-corrected chi connectivity index (χ0v) is 43.1. The Labute approximate surface area is 436 Å². The van der Waals surface area contributed by atoms with Gasteiger partial charge in [-0.25, -0.2) is 0 Å². The first-order chi connectivity index (χ1) is 36.4. The summed E-state index contributed by atoms with van der Waals surface area (Å²) in [5, 5.41) is 11.5. The zero-order valence-electron chi connectivity index (χ0n) is 42.1. The fourth-order valence-corrected chi connectivity index (χ4v) is 16.6. The van der Waals surface area contributed by atoms with Gasteiger partial charge in [0, 0.05) is 29.4 Å². The number of methoxy groups -OCH3 is 1. The van der Waals surface area contributed by atoms with Crippen molar-refractivity contribution in [3.05, 3.63) is 186 Å². The topological polar surface area (TPSA) is 138 Å². The van der Waals surface area contributed by atoms with Gasteiger partial charge in [-0.15, -0.1) is 0 Å². The lowest BCUT2D eigenvalue weighted by Gasteiger charge is -2.37. The maximum atomic E-state index is 16.3. The lowest BCUT2D eigenvalue weighted by Crippen LogP contribution is -2.52. The number of benzene rings is 7. The van der Waals surface area contributed by atoms with Gasteiger partial charge in [0.15, 0.2) is 17.1 Å². The number of hydrogen-bond donors (Lipinski definition) is 1. The monoisotopic (exact) mass is 1020 g/mol. The van der Waals surface area contributed by atoms with E-state index in [1.165, 1.54) is 0 Å². The molecule has 0 aromatic heterocycles. The third-order valence-electron chi connectivity index (χ3n) is 16.2. The Bertz CT molecular complexity index is 3440. The van der Waals surface area contributed by atoms with E-state index in [1.54, 1.807) is 57.0 Å². The number of carbonyl (C=O) groups is 4. The van der Waals surface area contributed by atoms with Crippen LogP contribution in [0.1, 0.15) is 58.0 Å². The number of fused-ring (bicyclic) bond motifs is 6. The number of anilines is 5. The van der Waals surface area contributed by atoms with E-state index in [1.807, 2.05) is 121 Å². The summed E-state index contributed by atoms with van der Waals surface area (Å²) in [5.41, 5.74) is 3.00. The summed E-state index contributed by atoms with van der Waals surface area (Å²) in [6.07, 6.45) is 0.798. The van der Waals surface area contributed by atoms with Gasteiger partial charge in [-0.1, -0.05) is 98.0 Å². The van der Waals surface area contributed by atoms with E-state index < -0.39 is 25.7 Å². The van der Waals surface area contributed by atoms with Crippen LogP contribution in [0.3, 0.4) is 0 Å². The maximum Gasteiger partial charge on any atom is 0.266 e. The molecule has 0 unspecified atom stereocenters. The smallest absolute Gasteiger partial charge is 0.266 e. The van der Waals surface area contributed by atoms with Crippen molar-refractivity contribution in [3.63, 3.8) is 0 Å². The molecular weight excluding hydrogens is 961 g/mol. The van der Waals surface area contributed by atoms with Crippen LogP contribution in [0.5, 0.6) is 28.7 Å². The number of aliphatic hydroxyl groups excluding tert-OH is 1. The Morgan fingerprint density at radius 1 is 0.693 bits per heavy atom. The van der Waals surface area contributed by atoms with E-state index in [9.17, 15) is 19.5 Å². The highest BCUT2D eigenvalue weighted by atomic mass is 28.3. The molecule has 7 aromatic rings. The van der Waals surface area contributed by atoms with Crippen molar-refractivity contribution >= 4 is 65.3 Å². The highest BCUT2D eigenvalue weighted by Gasteiger charge is 2.67. The number of hydrogen-bond acceptors (Lipinski definition) is 9. The van der Waals surface area contributed by atoms with Crippen molar-refractivity contribution < 1.29 is 43.2 Å². The highest BCUT2D eigenvalue weighted by molar-refractivity contribution is 6.91. The quantitative estimate of drug-likeness (QED) is 0.133. The SMILES string of the molecule is COc1ccc([Si](C)(C)[C@@H]2[C@@H](CC(=O)N3CCC[C@H]3CO)O[C@]3(C(=O)N(Cc4cccc(N5C(=O)c6ccccc6Oc6ccccc65)c4)c4ccc(N5C(=O)c6ccccc6Oc6ccccc65)cc43)[C@H]2C)cc1. The Balaban J connectivity index is 1.01. The van der Waals surface area contributed by atoms with Crippen molar-refractivity contribution in [3.8, 4) is 28.7 Å². The van der Waals surface area contributed by atoms with E-state index in [4.69, 9.17) is 18.9 Å². The number of amides is 4. The summed E-state index contributed by atoms with van der Waals surface area (Å²) >= 11 is 0. The van der Waals surface area contributed by atoms with Crippen LogP contribution in [0.2, 0.25) is 18.6 Å². The van der Waals surface area contributed by atoms with Crippen molar-refractivity contribution in [1.29, 1.82) is 0 Å². The van der Waals surface area contributed by atoms with Gasteiger partial charge in [0.1, 0.15) is 17.2 Å². The fraction of sp³-hybridized carbons (Fsp3) is 0.246. The summed E-state index contributed by atoms with van der Waals surface area (Å²) in [6.45, 7) is 7.13. The normalized spacial score (nSPS) is 21.6.